The molecule has 28 heavy (non-hydrogen) atoms. The van der Waals surface area contributed by atoms with Crippen LogP contribution in [0, 0.1) is 6.92 Å². The maximum atomic E-state index is 12.5. The number of carbonyl (C=O) groups excluding carboxylic acids is 2. The Morgan fingerprint density at radius 2 is 1.86 bits per heavy atom. The van der Waals surface area contributed by atoms with Crippen molar-refractivity contribution in [2.45, 2.75) is 39.5 Å². The number of nitrogens with zero attached hydrogens (tertiary/aromatic N) is 1. The number of rotatable bonds is 6. The Hall–Kier alpha value is -2.82. The van der Waals surface area contributed by atoms with Crippen LogP contribution >= 0.6 is 0 Å². The fourth-order valence-electron chi connectivity index (χ4n) is 3.30. The zero-order chi connectivity index (χ0) is 20.1. The zero-order valence-electron chi connectivity index (χ0n) is 16.8. The van der Waals surface area contributed by atoms with Crippen LogP contribution in [0.1, 0.15) is 54.1 Å². The highest BCUT2D eigenvalue weighted by molar-refractivity contribution is 5.97. The molecule has 3 rings (SSSR count). The summed E-state index contributed by atoms with van der Waals surface area (Å²) in [7, 11) is 0. The van der Waals surface area contributed by atoms with Crippen molar-refractivity contribution in [1.82, 2.24) is 4.90 Å². The van der Waals surface area contributed by atoms with E-state index < -0.39 is 0 Å². The molecule has 1 fully saturated rings. The van der Waals surface area contributed by atoms with Gasteiger partial charge in [0.25, 0.3) is 11.8 Å². The summed E-state index contributed by atoms with van der Waals surface area (Å²) >= 11 is 0. The molecule has 0 aliphatic carbocycles. The molecule has 0 saturated carbocycles. The molecular weight excluding hydrogens is 352 g/mol. The van der Waals surface area contributed by atoms with Crippen LogP contribution in [0.25, 0.3) is 0 Å². The summed E-state index contributed by atoms with van der Waals surface area (Å²) in [5, 5.41) is 2.82. The second-order valence-electron chi connectivity index (χ2n) is 7.60. The topological polar surface area (TPSA) is 58.6 Å². The van der Waals surface area contributed by atoms with E-state index in [0.29, 0.717) is 17.2 Å². The first-order chi connectivity index (χ1) is 13.4. The van der Waals surface area contributed by atoms with Crippen molar-refractivity contribution in [3.8, 4) is 5.75 Å². The molecule has 1 aliphatic rings. The number of amides is 2. The molecule has 2 aromatic rings. The van der Waals surface area contributed by atoms with E-state index >= 15 is 0 Å². The second-order valence-corrected chi connectivity index (χ2v) is 7.60. The fraction of sp³-hybridized carbons (Fsp3) is 0.391. The van der Waals surface area contributed by atoms with Crippen molar-refractivity contribution in [3.63, 3.8) is 0 Å². The van der Waals surface area contributed by atoms with E-state index in [1.165, 1.54) is 5.56 Å². The number of likely N-dealkylation sites (tertiary alicyclic amines) is 1. The molecule has 5 nitrogen and oxygen atoms in total. The highest BCUT2D eigenvalue weighted by atomic mass is 16.5. The van der Waals surface area contributed by atoms with Gasteiger partial charge in [-0.3, -0.25) is 9.59 Å². The number of nitrogens with one attached hydrogen (secondary N) is 1. The number of carbonyl (C=O) groups is 2. The normalized spacial score (nSPS) is 13.6. The van der Waals surface area contributed by atoms with E-state index in [1.54, 1.807) is 24.3 Å². The predicted octanol–water partition coefficient (Wildman–Crippen LogP) is 4.37. The van der Waals surface area contributed by atoms with Crippen molar-refractivity contribution >= 4 is 17.5 Å². The minimum atomic E-state index is -0.250. The van der Waals surface area contributed by atoms with E-state index in [-0.39, 0.29) is 18.4 Å². The van der Waals surface area contributed by atoms with E-state index in [2.05, 4.69) is 25.2 Å². The Morgan fingerprint density at radius 3 is 2.57 bits per heavy atom. The maximum Gasteiger partial charge on any atom is 0.262 e. The molecule has 1 heterocycles. The van der Waals surface area contributed by atoms with Gasteiger partial charge in [-0.2, -0.15) is 0 Å². The fourth-order valence-corrected chi connectivity index (χ4v) is 3.30. The molecule has 1 saturated heterocycles. The van der Waals surface area contributed by atoms with Crippen LogP contribution in [-0.2, 0) is 4.79 Å². The molecule has 0 atom stereocenters. The lowest BCUT2D eigenvalue weighted by molar-refractivity contribution is -0.118. The molecule has 1 aliphatic heterocycles. The van der Waals surface area contributed by atoms with Crippen molar-refractivity contribution in [2.75, 3.05) is 25.0 Å². The maximum absolute atomic E-state index is 12.5. The Balaban J connectivity index is 1.60. The van der Waals surface area contributed by atoms with Crippen LogP contribution < -0.4 is 10.1 Å². The standard InChI is InChI=1S/C23H28N2O3/c1-16(2)18-10-9-17(3)21(14-18)28-15-22(26)24-20-8-6-7-19(13-20)23(27)25-11-4-5-12-25/h6-10,13-14,16H,4-5,11-12,15H2,1-3H3,(H,24,26). The first-order valence-electron chi connectivity index (χ1n) is 9.86. The molecule has 0 aromatic heterocycles. The van der Waals surface area contributed by atoms with Gasteiger partial charge >= 0.3 is 0 Å². The third-order valence-corrected chi connectivity index (χ3v) is 5.02. The Labute approximate surface area is 166 Å². The monoisotopic (exact) mass is 380 g/mol. The summed E-state index contributed by atoms with van der Waals surface area (Å²) in [6.45, 7) is 7.74. The van der Waals surface area contributed by atoms with Gasteiger partial charge in [0.1, 0.15) is 5.75 Å². The van der Waals surface area contributed by atoms with E-state index in [0.717, 1.165) is 37.2 Å². The number of hydrogen-bond acceptors (Lipinski definition) is 3. The van der Waals surface area contributed by atoms with Gasteiger partial charge in [0.05, 0.1) is 0 Å². The Kier molecular flexibility index (Phi) is 6.34. The third kappa shape index (κ3) is 4.91. The number of hydrogen-bond donors (Lipinski definition) is 1. The van der Waals surface area contributed by atoms with Crippen molar-refractivity contribution < 1.29 is 14.3 Å². The summed E-state index contributed by atoms with van der Waals surface area (Å²) in [6, 6.07) is 13.2. The van der Waals surface area contributed by atoms with E-state index in [4.69, 9.17) is 4.74 Å². The summed E-state index contributed by atoms with van der Waals surface area (Å²) in [5.74, 6) is 0.887. The number of aryl methyl sites for hydroxylation is 1. The van der Waals surface area contributed by atoms with Gasteiger partial charge in [0, 0.05) is 24.3 Å². The SMILES string of the molecule is Cc1ccc(C(C)C)cc1OCC(=O)Nc1cccc(C(=O)N2CCCC2)c1. The quantitative estimate of drug-likeness (QED) is 0.809. The highest BCUT2D eigenvalue weighted by Gasteiger charge is 2.19. The number of ether oxygens (including phenoxy) is 1. The van der Waals surface area contributed by atoms with Crippen LogP contribution in [-0.4, -0.2) is 36.4 Å². The minimum absolute atomic E-state index is 0.0194. The molecule has 0 bridgehead atoms. The number of benzene rings is 2. The lowest BCUT2D eigenvalue weighted by Crippen LogP contribution is -2.27. The largest absolute Gasteiger partial charge is 0.483 e. The predicted molar refractivity (Wildman–Crippen MR) is 111 cm³/mol. The lowest BCUT2D eigenvalue weighted by Gasteiger charge is -2.16. The van der Waals surface area contributed by atoms with Gasteiger partial charge in [-0.1, -0.05) is 32.0 Å². The smallest absolute Gasteiger partial charge is 0.262 e. The molecule has 5 heteroatoms. The van der Waals surface area contributed by atoms with Gasteiger partial charge in [-0.25, -0.2) is 0 Å². The summed E-state index contributed by atoms with van der Waals surface area (Å²) in [5.41, 5.74) is 3.37. The molecule has 0 unspecified atom stereocenters. The summed E-state index contributed by atoms with van der Waals surface area (Å²) < 4.78 is 5.73. The second kappa shape index (κ2) is 8.91. The zero-order valence-corrected chi connectivity index (χ0v) is 16.8. The number of anilines is 1. The van der Waals surface area contributed by atoms with Crippen LogP contribution in [0.3, 0.4) is 0 Å². The van der Waals surface area contributed by atoms with Gasteiger partial charge in [0.2, 0.25) is 0 Å². The Bertz CT molecular complexity index is 855. The van der Waals surface area contributed by atoms with Crippen molar-refractivity contribution in [1.29, 1.82) is 0 Å². The molecule has 0 radical (unpaired) electrons. The van der Waals surface area contributed by atoms with Gasteiger partial charge < -0.3 is 15.0 Å². The minimum Gasteiger partial charge on any atom is -0.483 e. The van der Waals surface area contributed by atoms with Crippen LogP contribution in [0.5, 0.6) is 5.75 Å². The van der Waals surface area contributed by atoms with Crippen molar-refractivity contribution in [3.05, 3.63) is 59.2 Å². The first-order valence-corrected chi connectivity index (χ1v) is 9.86. The van der Waals surface area contributed by atoms with Crippen LogP contribution in [0.15, 0.2) is 42.5 Å². The molecule has 1 N–H and O–H groups in total. The molecule has 0 spiro atoms. The third-order valence-electron chi connectivity index (χ3n) is 5.02. The molecule has 148 valence electrons. The van der Waals surface area contributed by atoms with Crippen LogP contribution in [0.4, 0.5) is 5.69 Å². The average molecular weight is 380 g/mol. The van der Waals surface area contributed by atoms with E-state index in [1.807, 2.05) is 24.0 Å². The van der Waals surface area contributed by atoms with Gasteiger partial charge in [-0.15, -0.1) is 0 Å². The molecule has 2 amide bonds. The van der Waals surface area contributed by atoms with Crippen LogP contribution in [0.2, 0.25) is 0 Å². The summed E-state index contributed by atoms with van der Waals surface area (Å²) in [6.07, 6.45) is 2.11. The average Bonchev–Trinajstić information content (AvgIpc) is 3.21. The van der Waals surface area contributed by atoms with E-state index in [9.17, 15) is 9.59 Å². The van der Waals surface area contributed by atoms with Crippen molar-refractivity contribution in [2.24, 2.45) is 0 Å². The Morgan fingerprint density at radius 1 is 1.11 bits per heavy atom. The molecular formula is C23H28N2O3. The van der Waals surface area contributed by atoms with Gasteiger partial charge in [-0.05, 0) is 61.1 Å². The first kappa shape index (κ1) is 19.9. The lowest BCUT2D eigenvalue weighted by atomic mass is 10.0. The highest BCUT2D eigenvalue weighted by Crippen LogP contribution is 2.24. The van der Waals surface area contributed by atoms with Gasteiger partial charge in [0.15, 0.2) is 6.61 Å². The summed E-state index contributed by atoms with van der Waals surface area (Å²) in [4.78, 5) is 26.7. The molecule has 2 aromatic carbocycles.